The van der Waals surface area contributed by atoms with Gasteiger partial charge < -0.3 is 14.4 Å². The van der Waals surface area contributed by atoms with E-state index in [1.165, 1.54) is 0 Å². The summed E-state index contributed by atoms with van der Waals surface area (Å²) < 4.78 is 39.5. The van der Waals surface area contributed by atoms with Gasteiger partial charge in [-0.15, -0.1) is 0 Å². The summed E-state index contributed by atoms with van der Waals surface area (Å²) in [6, 6.07) is 9.36. The largest absolute Gasteiger partial charge is 0.454 e. The van der Waals surface area contributed by atoms with Gasteiger partial charge in [0.15, 0.2) is 23.1 Å². The second kappa shape index (κ2) is 5.68. The quantitative estimate of drug-likeness (QED) is 0.838. The molecule has 0 bridgehead atoms. The zero-order valence-electron chi connectivity index (χ0n) is 12.8. The molecule has 2 heterocycles. The van der Waals surface area contributed by atoms with Crippen LogP contribution < -0.4 is 14.4 Å². The van der Waals surface area contributed by atoms with Crippen LogP contribution in [-0.2, 0) is 0 Å². The third-order valence-corrected chi connectivity index (χ3v) is 4.47. The van der Waals surface area contributed by atoms with Crippen molar-refractivity contribution in [2.24, 2.45) is 0 Å². The van der Waals surface area contributed by atoms with Crippen LogP contribution in [0.3, 0.4) is 0 Å². The molecule has 1 unspecified atom stereocenters. The third kappa shape index (κ3) is 2.33. The van der Waals surface area contributed by atoms with E-state index < -0.39 is 11.6 Å². The van der Waals surface area contributed by atoms with Crippen LogP contribution in [0.1, 0.15) is 30.0 Å². The minimum absolute atomic E-state index is 0.0208. The molecule has 4 nitrogen and oxygen atoms in total. The molecular formula is C18H14F2N2O2. The molecule has 0 aromatic heterocycles. The Kier molecular flexibility index (Phi) is 3.49. The molecule has 0 saturated carbocycles. The second-order valence-corrected chi connectivity index (χ2v) is 5.86. The van der Waals surface area contributed by atoms with E-state index in [2.05, 4.69) is 0 Å². The van der Waals surface area contributed by atoms with E-state index in [1.807, 2.05) is 18.2 Å². The number of hydrogen-bond donors (Lipinski definition) is 0. The third-order valence-electron chi connectivity index (χ3n) is 4.47. The van der Waals surface area contributed by atoms with Crippen molar-refractivity contribution in [3.8, 4) is 17.6 Å². The van der Waals surface area contributed by atoms with Crippen LogP contribution in [0, 0.1) is 23.0 Å². The first kappa shape index (κ1) is 14.8. The first-order chi connectivity index (χ1) is 11.7. The topological polar surface area (TPSA) is 45.5 Å². The van der Waals surface area contributed by atoms with Crippen LogP contribution in [0.2, 0.25) is 0 Å². The second-order valence-electron chi connectivity index (χ2n) is 5.86. The van der Waals surface area contributed by atoms with E-state index in [-0.39, 0.29) is 24.1 Å². The van der Waals surface area contributed by atoms with Crippen LogP contribution in [0.4, 0.5) is 14.5 Å². The minimum atomic E-state index is -0.709. The molecule has 2 aromatic carbocycles. The van der Waals surface area contributed by atoms with Crippen LogP contribution >= 0.6 is 0 Å². The number of anilines is 1. The van der Waals surface area contributed by atoms with Crippen molar-refractivity contribution in [3.05, 3.63) is 53.1 Å². The van der Waals surface area contributed by atoms with E-state index in [4.69, 9.17) is 14.7 Å². The van der Waals surface area contributed by atoms with Gasteiger partial charge in [-0.05, 0) is 42.7 Å². The molecule has 2 aromatic rings. The number of benzene rings is 2. The van der Waals surface area contributed by atoms with Crippen molar-refractivity contribution in [1.29, 1.82) is 5.26 Å². The molecule has 2 aliphatic heterocycles. The Labute approximate surface area is 137 Å². The highest BCUT2D eigenvalue weighted by atomic mass is 19.1. The van der Waals surface area contributed by atoms with Gasteiger partial charge in [-0.25, -0.2) is 8.78 Å². The van der Waals surface area contributed by atoms with Crippen molar-refractivity contribution in [2.75, 3.05) is 18.2 Å². The van der Waals surface area contributed by atoms with Gasteiger partial charge >= 0.3 is 0 Å². The molecular weight excluding hydrogens is 314 g/mol. The fourth-order valence-corrected chi connectivity index (χ4v) is 3.41. The molecule has 1 saturated heterocycles. The maximum absolute atomic E-state index is 14.4. The van der Waals surface area contributed by atoms with Crippen molar-refractivity contribution in [3.63, 3.8) is 0 Å². The van der Waals surface area contributed by atoms with Gasteiger partial charge in [-0.2, -0.15) is 5.26 Å². The zero-order chi connectivity index (χ0) is 16.7. The van der Waals surface area contributed by atoms with Crippen molar-refractivity contribution >= 4 is 5.69 Å². The number of nitriles is 1. The highest BCUT2D eigenvalue weighted by Crippen LogP contribution is 2.42. The molecule has 24 heavy (non-hydrogen) atoms. The van der Waals surface area contributed by atoms with Crippen molar-refractivity contribution in [1.82, 2.24) is 0 Å². The Morgan fingerprint density at radius 3 is 2.58 bits per heavy atom. The van der Waals surface area contributed by atoms with E-state index in [0.29, 0.717) is 18.0 Å². The Bertz CT molecular complexity index is 824. The van der Waals surface area contributed by atoms with Crippen LogP contribution in [0.25, 0.3) is 0 Å². The van der Waals surface area contributed by atoms with Gasteiger partial charge in [-0.3, -0.25) is 0 Å². The fourth-order valence-electron chi connectivity index (χ4n) is 3.41. The summed E-state index contributed by atoms with van der Waals surface area (Å²) >= 11 is 0. The molecule has 0 amide bonds. The SMILES string of the molecule is N#Cc1cc(F)c(N2CCCC2c2ccc3c(c2)OCO3)c(F)c1. The summed E-state index contributed by atoms with van der Waals surface area (Å²) in [4.78, 5) is 1.73. The maximum Gasteiger partial charge on any atom is 0.231 e. The van der Waals surface area contributed by atoms with Crippen LogP contribution in [-0.4, -0.2) is 13.3 Å². The van der Waals surface area contributed by atoms with Gasteiger partial charge in [0.05, 0.1) is 17.7 Å². The Morgan fingerprint density at radius 1 is 1.08 bits per heavy atom. The molecule has 0 spiro atoms. The average Bonchev–Trinajstić information content (AvgIpc) is 3.22. The highest BCUT2D eigenvalue weighted by molar-refractivity contribution is 5.56. The van der Waals surface area contributed by atoms with Gasteiger partial charge in [0.25, 0.3) is 0 Å². The number of ether oxygens (including phenoxy) is 2. The lowest BCUT2D eigenvalue weighted by Crippen LogP contribution is -2.24. The Hall–Kier alpha value is -2.81. The monoisotopic (exact) mass is 328 g/mol. The fraction of sp³-hybridized carbons (Fsp3) is 0.278. The molecule has 6 heteroatoms. The van der Waals surface area contributed by atoms with Gasteiger partial charge in [0.1, 0.15) is 5.69 Å². The summed E-state index contributed by atoms with van der Waals surface area (Å²) in [6.07, 6.45) is 1.62. The average molecular weight is 328 g/mol. The van der Waals surface area contributed by atoms with Gasteiger partial charge in [0.2, 0.25) is 6.79 Å². The van der Waals surface area contributed by atoms with E-state index >= 15 is 0 Å². The van der Waals surface area contributed by atoms with Crippen molar-refractivity contribution < 1.29 is 18.3 Å². The first-order valence-electron chi connectivity index (χ1n) is 7.72. The number of rotatable bonds is 2. The lowest BCUT2D eigenvalue weighted by molar-refractivity contribution is 0.174. The maximum atomic E-state index is 14.4. The summed E-state index contributed by atoms with van der Waals surface area (Å²) in [6.45, 7) is 0.741. The molecule has 0 aliphatic carbocycles. The number of nitrogens with zero attached hydrogens (tertiary/aromatic N) is 2. The lowest BCUT2D eigenvalue weighted by atomic mass is 10.0. The number of hydrogen-bond acceptors (Lipinski definition) is 4. The molecule has 2 aliphatic rings. The lowest BCUT2D eigenvalue weighted by Gasteiger charge is -2.28. The van der Waals surface area contributed by atoms with E-state index in [0.717, 1.165) is 30.5 Å². The summed E-state index contributed by atoms with van der Waals surface area (Å²) in [5.74, 6) is -0.0856. The van der Waals surface area contributed by atoms with Crippen LogP contribution in [0.15, 0.2) is 30.3 Å². The van der Waals surface area contributed by atoms with Crippen LogP contribution in [0.5, 0.6) is 11.5 Å². The summed E-state index contributed by atoms with van der Waals surface area (Å²) in [7, 11) is 0. The predicted octanol–water partition coefficient (Wildman–Crippen LogP) is 3.91. The number of halogens is 2. The number of fused-ring (bicyclic) bond motifs is 1. The van der Waals surface area contributed by atoms with Crippen molar-refractivity contribution in [2.45, 2.75) is 18.9 Å². The normalized spacial score (nSPS) is 18.7. The van der Waals surface area contributed by atoms with E-state index in [9.17, 15) is 8.78 Å². The van der Waals surface area contributed by atoms with Gasteiger partial charge in [-0.1, -0.05) is 6.07 Å². The first-order valence-corrected chi connectivity index (χ1v) is 7.72. The standard InChI is InChI=1S/C18H14F2N2O2/c19-13-6-11(9-21)7-14(20)18(13)22-5-1-2-15(22)12-3-4-16-17(8-12)24-10-23-16/h3-4,6-8,15H,1-2,5,10H2. The molecule has 4 rings (SSSR count). The predicted molar refractivity (Wildman–Crippen MR) is 83.0 cm³/mol. The van der Waals surface area contributed by atoms with Gasteiger partial charge in [0, 0.05) is 6.54 Å². The molecule has 0 radical (unpaired) electrons. The minimum Gasteiger partial charge on any atom is -0.454 e. The Balaban J connectivity index is 1.72. The smallest absolute Gasteiger partial charge is 0.231 e. The Morgan fingerprint density at radius 2 is 1.83 bits per heavy atom. The van der Waals surface area contributed by atoms with E-state index in [1.54, 1.807) is 11.0 Å². The summed E-state index contributed by atoms with van der Waals surface area (Å²) in [5.41, 5.74) is 0.835. The molecule has 0 N–H and O–H groups in total. The summed E-state index contributed by atoms with van der Waals surface area (Å²) in [5, 5.41) is 8.84. The molecule has 122 valence electrons. The highest BCUT2D eigenvalue weighted by Gasteiger charge is 2.31. The molecule has 1 atom stereocenters. The zero-order valence-corrected chi connectivity index (χ0v) is 12.8. The molecule has 1 fully saturated rings.